The van der Waals surface area contributed by atoms with Crippen LogP contribution in [-0.4, -0.2) is 19.8 Å². The van der Waals surface area contributed by atoms with Crippen LogP contribution >= 0.6 is 0 Å². The molecule has 0 amide bonds. The van der Waals surface area contributed by atoms with E-state index in [9.17, 15) is 0 Å². The van der Waals surface area contributed by atoms with Crippen LogP contribution in [0.25, 0.3) is 0 Å². The summed E-state index contributed by atoms with van der Waals surface area (Å²) >= 11 is 0. The van der Waals surface area contributed by atoms with Crippen LogP contribution in [0.15, 0.2) is 30.4 Å². The summed E-state index contributed by atoms with van der Waals surface area (Å²) in [6.07, 6.45) is 0. The Morgan fingerprint density at radius 2 is 2.06 bits per heavy atom. The average molecular weight is 219 g/mol. The number of rotatable bonds is 4. The largest absolute Gasteiger partial charge is 0.486 e. The number of ether oxygens (including phenoxy) is 2. The van der Waals surface area contributed by atoms with Gasteiger partial charge in [0.15, 0.2) is 11.5 Å². The fourth-order valence-corrected chi connectivity index (χ4v) is 1.62. The molecule has 0 radical (unpaired) electrons. The summed E-state index contributed by atoms with van der Waals surface area (Å²) in [5.41, 5.74) is 2.34. The molecule has 0 saturated heterocycles. The summed E-state index contributed by atoms with van der Waals surface area (Å²) in [6.45, 7) is 8.80. The Bertz CT molecular complexity index is 388. The standard InChI is InChI=1S/C13H17NO2/c1-10(2)8-14-9-11-3-4-12-13(7-11)16-6-5-15-12/h3-4,7,14H,1,5-6,8-9H2,2H3. The molecule has 1 aliphatic rings. The lowest BCUT2D eigenvalue weighted by Gasteiger charge is -2.19. The zero-order valence-electron chi connectivity index (χ0n) is 9.58. The van der Waals surface area contributed by atoms with Crippen LogP contribution in [0.1, 0.15) is 12.5 Å². The molecule has 16 heavy (non-hydrogen) atoms. The first kappa shape index (κ1) is 11.0. The smallest absolute Gasteiger partial charge is 0.161 e. The van der Waals surface area contributed by atoms with Crippen molar-refractivity contribution in [1.82, 2.24) is 5.32 Å². The van der Waals surface area contributed by atoms with Gasteiger partial charge >= 0.3 is 0 Å². The molecule has 0 fully saturated rings. The average Bonchev–Trinajstić information content (AvgIpc) is 2.28. The van der Waals surface area contributed by atoms with Gasteiger partial charge in [0.2, 0.25) is 0 Å². The highest BCUT2D eigenvalue weighted by Crippen LogP contribution is 2.30. The predicted molar refractivity (Wildman–Crippen MR) is 64.0 cm³/mol. The predicted octanol–water partition coefficient (Wildman–Crippen LogP) is 2.12. The first-order chi connectivity index (χ1) is 7.75. The molecule has 2 rings (SSSR count). The summed E-state index contributed by atoms with van der Waals surface area (Å²) in [5, 5.41) is 3.31. The van der Waals surface area contributed by atoms with Gasteiger partial charge < -0.3 is 14.8 Å². The molecular weight excluding hydrogens is 202 g/mol. The highest BCUT2D eigenvalue weighted by atomic mass is 16.6. The minimum Gasteiger partial charge on any atom is -0.486 e. The maximum atomic E-state index is 5.52. The van der Waals surface area contributed by atoms with Crippen LogP contribution in [-0.2, 0) is 6.54 Å². The van der Waals surface area contributed by atoms with Gasteiger partial charge in [0.05, 0.1) is 0 Å². The maximum Gasteiger partial charge on any atom is 0.161 e. The second-order valence-electron chi connectivity index (χ2n) is 4.04. The lowest BCUT2D eigenvalue weighted by atomic mass is 10.2. The Kier molecular flexibility index (Phi) is 3.47. The summed E-state index contributed by atoms with van der Waals surface area (Å²) in [4.78, 5) is 0. The van der Waals surface area contributed by atoms with Gasteiger partial charge in [-0.25, -0.2) is 0 Å². The van der Waals surface area contributed by atoms with Crippen LogP contribution < -0.4 is 14.8 Å². The van der Waals surface area contributed by atoms with E-state index in [4.69, 9.17) is 9.47 Å². The summed E-state index contributed by atoms with van der Waals surface area (Å²) in [7, 11) is 0. The molecule has 1 heterocycles. The fourth-order valence-electron chi connectivity index (χ4n) is 1.62. The molecule has 0 aliphatic carbocycles. The van der Waals surface area contributed by atoms with Crippen LogP contribution in [0.2, 0.25) is 0 Å². The van der Waals surface area contributed by atoms with E-state index in [0.717, 1.165) is 30.2 Å². The Morgan fingerprint density at radius 3 is 2.81 bits per heavy atom. The fraction of sp³-hybridized carbons (Fsp3) is 0.385. The minimum atomic E-state index is 0.635. The van der Waals surface area contributed by atoms with Crippen LogP contribution in [0.3, 0.4) is 0 Å². The van der Waals surface area contributed by atoms with E-state index in [1.165, 1.54) is 5.56 Å². The van der Waals surface area contributed by atoms with Crippen molar-refractivity contribution in [1.29, 1.82) is 0 Å². The van der Waals surface area contributed by atoms with E-state index in [2.05, 4.69) is 18.0 Å². The normalized spacial score (nSPS) is 13.6. The molecule has 1 aromatic carbocycles. The molecule has 0 atom stereocenters. The van der Waals surface area contributed by atoms with Crippen molar-refractivity contribution < 1.29 is 9.47 Å². The number of nitrogens with one attached hydrogen (secondary N) is 1. The molecule has 3 heteroatoms. The van der Waals surface area contributed by atoms with Crippen molar-refractivity contribution in [2.45, 2.75) is 13.5 Å². The van der Waals surface area contributed by atoms with Crippen LogP contribution in [0.5, 0.6) is 11.5 Å². The van der Waals surface area contributed by atoms with Crippen molar-refractivity contribution in [2.24, 2.45) is 0 Å². The third-order valence-electron chi connectivity index (χ3n) is 2.36. The monoisotopic (exact) mass is 219 g/mol. The molecule has 1 aromatic rings. The summed E-state index contributed by atoms with van der Waals surface area (Å²) in [6, 6.07) is 6.05. The van der Waals surface area contributed by atoms with Crippen molar-refractivity contribution in [3.8, 4) is 11.5 Å². The quantitative estimate of drug-likeness (QED) is 0.787. The Hall–Kier alpha value is -1.48. The van der Waals surface area contributed by atoms with Gasteiger partial charge in [0.1, 0.15) is 13.2 Å². The molecule has 86 valence electrons. The topological polar surface area (TPSA) is 30.5 Å². The SMILES string of the molecule is C=C(C)CNCc1ccc2c(c1)OCCO2. The zero-order chi connectivity index (χ0) is 11.4. The van der Waals surface area contributed by atoms with Crippen molar-refractivity contribution >= 4 is 0 Å². The van der Waals surface area contributed by atoms with E-state index in [0.29, 0.717) is 13.2 Å². The van der Waals surface area contributed by atoms with Crippen molar-refractivity contribution in [2.75, 3.05) is 19.8 Å². The zero-order valence-corrected chi connectivity index (χ0v) is 9.58. The minimum absolute atomic E-state index is 0.635. The van der Waals surface area contributed by atoms with E-state index in [-0.39, 0.29) is 0 Å². The third kappa shape index (κ3) is 2.76. The van der Waals surface area contributed by atoms with Gasteiger partial charge in [0.25, 0.3) is 0 Å². The van der Waals surface area contributed by atoms with Gasteiger partial charge in [-0.3, -0.25) is 0 Å². The van der Waals surface area contributed by atoms with Crippen molar-refractivity contribution in [3.05, 3.63) is 35.9 Å². The van der Waals surface area contributed by atoms with Gasteiger partial charge in [-0.2, -0.15) is 0 Å². The molecule has 0 unspecified atom stereocenters. The van der Waals surface area contributed by atoms with Crippen LogP contribution in [0, 0.1) is 0 Å². The lowest BCUT2D eigenvalue weighted by Crippen LogP contribution is -2.17. The molecule has 0 saturated carbocycles. The van der Waals surface area contributed by atoms with Gasteiger partial charge in [-0.15, -0.1) is 0 Å². The molecule has 1 aliphatic heterocycles. The Labute approximate surface area is 96.1 Å². The van der Waals surface area contributed by atoms with E-state index in [1.807, 2.05) is 19.1 Å². The number of hydrogen-bond acceptors (Lipinski definition) is 3. The number of fused-ring (bicyclic) bond motifs is 1. The lowest BCUT2D eigenvalue weighted by molar-refractivity contribution is 0.171. The molecular formula is C13H17NO2. The van der Waals surface area contributed by atoms with Gasteiger partial charge in [0, 0.05) is 13.1 Å². The summed E-state index contributed by atoms with van der Waals surface area (Å²) in [5.74, 6) is 1.69. The Morgan fingerprint density at radius 1 is 1.31 bits per heavy atom. The second-order valence-corrected chi connectivity index (χ2v) is 4.04. The Balaban J connectivity index is 1.97. The second kappa shape index (κ2) is 5.03. The molecule has 1 N–H and O–H groups in total. The van der Waals surface area contributed by atoms with Crippen LogP contribution in [0.4, 0.5) is 0 Å². The molecule has 3 nitrogen and oxygen atoms in total. The van der Waals surface area contributed by atoms with Crippen molar-refractivity contribution in [3.63, 3.8) is 0 Å². The van der Waals surface area contributed by atoms with E-state index < -0.39 is 0 Å². The van der Waals surface area contributed by atoms with E-state index in [1.54, 1.807) is 0 Å². The number of benzene rings is 1. The number of hydrogen-bond donors (Lipinski definition) is 1. The molecule has 0 bridgehead atoms. The highest BCUT2D eigenvalue weighted by Gasteiger charge is 2.11. The van der Waals surface area contributed by atoms with E-state index >= 15 is 0 Å². The first-order valence-electron chi connectivity index (χ1n) is 5.49. The third-order valence-corrected chi connectivity index (χ3v) is 2.36. The summed E-state index contributed by atoms with van der Waals surface area (Å²) < 4.78 is 11.0. The van der Waals surface area contributed by atoms with Gasteiger partial charge in [-0.05, 0) is 24.6 Å². The van der Waals surface area contributed by atoms with Gasteiger partial charge in [-0.1, -0.05) is 18.2 Å². The first-order valence-corrected chi connectivity index (χ1v) is 5.49. The molecule has 0 aromatic heterocycles. The maximum absolute atomic E-state index is 5.52. The molecule has 0 spiro atoms. The highest BCUT2D eigenvalue weighted by molar-refractivity contribution is 5.43.